The molecule has 0 saturated heterocycles. The van der Waals surface area contributed by atoms with Gasteiger partial charge in [-0.15, -0.1) is 0 Å². The molecule has 47 heavy (non-hydrogen) atoms. The Bertz CT molecular complexity index is 2770. The molecular weight excluding hydrogens is 569 g/mol. The van der Waals surface area contributed by atoms with E-state index < -0.39 is 0 Å². The predicted octanol–water partition coefficient (Wildman–Crippen LogP) is 11.9. The van der Waals surface area contributed by atoms with Crippen molar-refractivity contribution in [1.82, 2.24) is 9.97 Å². The number of rotatable bonds is 2. The summed E-state index contributed by atoms with van der Waals surface area (Å²) in [6.45, 7) is 4.79. The minimum atomic E-state index is -0.137. The van der Waals surface area contributed by atoms with Gasteiger partial charge in [-0.25, -0.2) is 4.98 Å². The highest BCUT2D eigenvalue weighted by Gasteiger charge is 2.38. The molecule has 0 spiro atoms. The van der Waals surface area contributed by atoms with E-state index in [4.69, 9.17) is 4.98 Å². The Morgan fingerprint density at radius 2 is 1.13 bits per heavy atom. The van der Waals surface area contributed by atoms with E-state index in [0.717, 1.165) is 33.1 Å². The van der Waals surface area contributed by atoms with Crippen molar-refractivity contribution in [2.75, 3.05) is 0 Å². The van der Waals surface area contributed by atoms with Gasteiger partial charge in [0.15, 0.2) is 0 Å². The molecule has 0 unspecified atom stereocenters. The molecule has 7 aromatic carbocycles. The first kappa shape index (κ1) is 26.4. The van der Waals surface area contributed by atoms with Crippen LogP contribution in [0.25, 0.3) is 87.6 Å². The average Bonchev–Trinajstić information content (AvgIpc) is 3.36. The number of fused-ring (bicyclic) bond motifs is 12. The van der Waals surface area contributed by atoms with Gasteiger partial charge >= 0.3 is 0 Å². The molecule has 0 radical (unpaired) electrons. The highest BCUT2D eigenvalue weighted by Crippen LogP contribution is 2.55. The Labute approximate surface area is 273 Å². The predicted molar refractivity (Wildman–Crippen MR) is 198 cm³/mol. The highest BCUT2D eigenvalue weighted by atomic mass is 14.8. The fraction of sp³-hybridized carbons (Fsp3) is 0.0667. The van der Waals surface area contributed by atoms with Crippen LogP contribution in [0.4, 0.5) is 0 Å². The molecular formula is C45H30N2. The molecule has 0 amide bonds. The maximum absolute atomic E-state index is 5.20. The summed E-state index contributed by atoms with van der Waals surface area (Å²) in [4.78, 5) is 9.88. The molecule has 1 aliphatic carbocycles. The van der Waals surface area contributed by atoms with E-state index in [0.29, 0.717) is 0 Å². The van der Waals surface area contributed by atoms with Crippen LogP contribution >= 0.6 is 0 Å². The Morgan fingerprint density at radius 1 is 0.468 bits per heavy atom. The summed E-state index contributed by atoms with van der Waals surface area (Å²) in [6, 6.07) is 50.9. The molecule has 2 nitrogen and oxygen atoms in total. The molecule has 0 atom stereocenters. The SMILES string of the molecule is CC1(C)c2cc3cc(-c4ccccc4-c4ccc5ccc6cccnc6c5n4)ccc3cc2-c2c1c1ccccc1c1ccccc21. The summed E-state index contributed by atoms with van der Waals surface area (Å²) in [6.07, 6.45) is 1.85. The van der Waals surface area contributed by atoms with Crippen molar-refractivity contribution in [3.8, 4) is 33.5 Å². The van der Waals surface area contributed by atoms with E-state index in [-0.39, 0.29) is 5.41 Å². The second kappa shape index (κ2) is 9.57. The van der Waals surface area contributed by atoms with Crippen LogP contribution in [0.2, 0.25) is 0 Å². The molecule has 2 aromatic heterocycles. The molecule has 0 fully saturated rings. The molecule has 0 bridgehead atoms. The van der Waals surface area contributed by atoms with Gasteiger partial charge in [0.05, 0.1) is 16.7 Å². The summed E-state index contributed by atoms with van der Waals surface area (Å²) in [5.74, 6) is 0. The van der Waals surface area contributed by atoms with Gasteiger partial charge in [0.1, 0.15) is 0 Å². The number of aromatic nitrogens is 2. The Hall–Kier alpha value is -5.86. The van der Waals surface area contributed by atoms with Crippen LogP contribution in [-0.4, -0.2) is 9.97 Å². The van der Waals surface area contributed by atoms with E-state index in [1.807, 2.05) is 12.3 Å². The van der Waals surface area contributed by atoms with Crippen LogP contribution in [0, 0.1) is 0 Å². The van der Waals surface area contributed by atoms with E-state index in [1.165, 1.54) is 65.7 Å². The molecule has 9 aromatic rings. The lowest BCUT2D eigenvalue weighted by Crippen LogP contribution is -2.15. The smallest absolute Gasteiger partial charge is 0.0972 e. The van der Waals surface area contributed by atoms with Crippen LogP contribution in [-0.2, 0) is 5.41 Å². The van der Waals surface area contributed by atoms with Gasteiger partial charge in [-0.1, -0.05) is 123 Å². The Morgan fingerprint density at radius 3 is 1.96 bits per heavy atom. The quantitative estimate of drug-likeness (QED) is 0.185. The third-order valence-corrected chi connectivity index (χ3v) is 10.4. The maximum atomic E-state index is 5.20. The first-order chi connectivity index (χ1) is 23.1. The molecule has 2 heteroatoms. The summed E-state index contributed by atoms with van der Waals surface area (Å²) >= 11 is 0. The number of hydrogen-bond donors (Lipinski definition) is 0. The van der Waals surface area contributed by atoms with Crippen molar-refractivity contribution in [1.29, 1.82) is 0 Å². The summed E-state index contributed by atoms with van der Waals surface area (Å²) in [5, 5.41) is 10.1. The zero-order valence-electron chi connectivity index (χ0n) is 26.3. The Balaban J connectivity index is 1.16. The minimum absolute atomic E-state index is 0.137. The normalized spacial score (nSPS) is 13.5. The fourth-order valence-electron chi connectivity index (χ4n) is 8.23. The van der Waals surface area contributed by atoms with Gasteiger partial charge in [-0.05, 0) is 96.0 Å². The van der Waals surface area contributed by atoms with E-state index in [9.17, 15) is 0 Å². The Kier molecular flexibility index (Phi) is 5.37. The van der Waals surface area contributed by atoms with Gasteiger partial charge in [0.2, 0.25) is 0 Å². The first-order valence-electron chi connectivity index (χ1n) is 16.3. The lowest BCUT2D eigenvalue weighted by molar-refractivity contribution is 0.667. The molecule has 2 heterocycles. The lowest BCUT2D eigenvalue weighted by Gasteiger charge is -2.24. The van der Waals surface area contributed by atoms with Gasteiger partial charge in [-0.2, -0.15) is 0 Å². The number of nitrogens with zero attached hydrogens (tertiary/aromatic N) is 2. The molecule has 1 aliphatic rings. The van der Waals surface area contributed by atoms with Crippen molar-refractivity contribution in [2.24, 2.45) is 0 Å². The zero-order chi connectivity index (χ0) is 31.3. The highest BCUT2D eigenvalue weighted by molar-refractivity contribution is 6.19. The van der Waals surface area contributed by atoms with Crippen LogP contribution < -0.4 is 0 Å². The summed E-state index contributed by atoms with van der Waals surface area (Å²) in [5.41, 5.74) is 11.7. The van der Waals surface area contributed by atoms with E-state index >= 15 is 0 Å². The third kappa shape index (κ3) is 3.73. The topological polar surface area (TPSA) is 25.8 Å². The number of benzene rings is 7. The molecule has 0 aliphatic heterocycles. The van der Waals surface area contributed by atoms with Crippen LogP contribution in [0.1, 0.15) is 25.0 Å². The van der Waals surface area contributed by atoms with Crippen molar-refractivity contribution < 1.29 is 0 Å². The molecule has 0 N–H and O–H groups in total. The summed E-state index contributed by atoms with van der Waals surface area (Å²) < 4.78 is 0. The van der Waals surface area contributed by atoms with E-state index in [2.05, 4.69) is 152 Å². The second-order valence-corrected chi connectivity index (χ2v) is 13.4. The van der Waals surface area contributed by atoms with Crippen molar-refractivity contribution in [3.05, 3.63) is 157 Å². The standard InChI is InChI=1S/C45H30N2/c1-45(2)39-26-31-24-30(32-11-3-6-14-35(32)40-22-21-28-18-17-27-10-9-23-46-43(27)44(28)47-40)20-19-29(31)25-38(39)41-36-15-7-4-12-33(36)34-13-5-8-16-37(34)42(41)45/h3-26H,1-2H3. The van der Waals surface area contributed by atoms with Crippen LogP contribution in [0.3, 0.4) is 0 Å². The van der Waals surface area contributed by atoms with Crippen LogP contribution in [0.5, 0.6) is 0 Å². The van der Waals surface area contributed by atoms with Gasteiger partial charge in [-0.3, -0.25) is 4.98 Å². The number of hydrogen-bond acceptors (Lipinski definition) is 2. The molecule has 220 valence electrons. The minimum Gasteiger partial charge on any atom is -0.254 e. The van der Waals surface area contributed by atoms with Crippen LogP contribution in [0.15, 0.2) is 146 Å². The van der Waals surface area contributed by atoms with E-state index in [1.54, 1.807) is 0 Å². The van der Waals surface area contributed by atoms with Crippen molar-refractivity contribution in [3.63, 3.8) is 0 Å². The number of pyridine rings is 2. The zero-order valence-corrected chi connectivity index (χ0v) is 26.3. The third-order valence-electron chi connectivity index (χ3n) is 10.4. The molecule has 10 rings (SSSR count). The monoisotopic (exact) mass is 598 g/mol. The fourth-order valence-corrected chi connectivity index (χ4v) is 8.23. The summed E-state index contributed by atoms with van der Waals surface area (Å²) in [7, 11) is 0. The molecule has 0 saturated carbocycles. The largest absolute Gasteiger partial charge is 0.254 e. The average molecular weight is 599 g/mol. The van der Waals surface area contributed by atoms with Gasteiger partial charge < -0.3 is 0 Å². The first-order valence-corrected chi connectivity index (χ1v) is 16.3. The van der Waals surface area contributed by atoms with Crippen molar-refractivity contribution >= 4 is 54.1 Å². The van der Waals surface area contributed by atoms with Gasteiger partial charge in [0, 0.05) is 27.9 Å². The van der Waals surface area contributed by atoms with Gasteiger partial charge in [0.25, 0.3) is 0 Å². The maximum Gasteiger partial charge on any atom is 0.0972 e. The van der Waals surface area contributed by atoms with Crippen molar-refractivity contribution in [2.45, 2.75) is 19.3 Å². The second-order valence-electron chi connectivity index (χ2n) is 13.4. The lowest BCUT2D eigenvalue weighted by atomic mass is 9.79.